The molecule has 4 N–H and O–H groups in total. The summed E-state index contributed by atoms with van der Waals surface area (Å²) >= 11 is 0. The van der Waals surface area contributed by atoms with Crippen LogP contribution in [0.4, 0.5) is 0 Å². The molecule has 0 saturated carbocycles. The van der Waals surface area contributed by atoms with Gasteiger partial charge in [0.05, 0.1) is 5.60 Å². The number of carbonyl (C=O) groups excluding carboxylic acids is 2. The average molecular weight is 969 g/mol. The second-order valence-electron chi connectivity index (χ2n) is 21.0. The van der Waals surface area contributed by atoms with Gasteiger partial charge in [0.1, 0.15) is 37.1 Å². The molecule has 0 bridgehead atoms. The maximum absolute atomic E-state index is 12.5. The summed E-state index contributed by atoms with van der Waals surface area (Å²) in [6.07, 6.45) is 38.9. The van der Waals surface area contributed by atoms with Crippen LogP contribution in [-0.2, 0) is 23.8 Å². The fraction of sp³-hybridized carbons (Fsp3) is 0.574. The number of carbonyl (C=O) groups is 2. The van der Waals surface area contributed by atoms with Gasteiger partial charge in [-0.1, -0.05) is 217 Å². The molecule has 70 heavy (non-hydrogen) atoms. The summed E-state index contributed by atoms with van der Waals surface area (Å²) in [4.78, 5) is 24.7. The predicted octanol–water partition coefficient (Wildman–Crippen LogP) is 13.2. The van der Waals surface area contributed by atoms with Gasteiger partial charge in [-0.05, 0) is 90.7 Å². The van der Waals surface area contributed by atoms with Crippen LogP contribution in [0.3, 0.4) is 0 Å². The summed E-state index contributed by atoms with van der Waals surface area (Å²) in [5, 5.41) is 43.0. The minimum absolute atomic E-state index is 0.0107. The third-order valence-electron chi connectivity index (χ3n) is 12.9. The normalized spacial score (nSPS) is 23.3. The van der Waals surface area contributed by atoms with E-state index < -0.39 is 48.4 Å². The van der Waals surface area contributed by atoms with Gasteiger partial charge in [-0.3, -0.25) is 9.59 Å². The predicted molar refractivity (Wildman–Crippen MR) is 289 cm³/mol. The minimum Gasteiger partial charge on any atom is -0.463 e. The highest BCUT2D eigenvalue weighted by atomic mass is 16.7. The fourth-order valence-corrected chi connectivity index (χ4v) is 8.02. The van der Waals surface area contributed by atoms with Gasteiger partial charge in [0.15, 0.2) is 12.1 Å². The Morgan fingerprint density at radius 3 is 1.70 bits per heavy atom. The first-order chi connectivity index (χ1) is 33.0. The van der Waals surface area contributed by atoms with Gasteiger partial charge in [0, 0.05) is 12.8 Å². The highest BCUT2D eigenvalue weighted by Gasteiger charge is 2.47. The molecule has 1 heterocycles. The zero-order valence-electron chi connectivity index (χ0n) is 45.1. The largest absolute Gasteiger partial charge is 0.463 e. The van der Waals surface area contributed by atoms with Crippen LogP contribution >= 0.6 is 0 Å². The van der Waals surface area contributed by atoms with E-state index >= 15 is 0 Å². The fourth-order valence-electron chi connectivity index (χ4n) is 8.02. The summed E-state index contributed by atoms with van der Waals surface area (Å²) in [7, 11) is 0. The van der Waals surface area contributed by atoms with Crippen molar-refractivity contribution in [3.05, 3.63) is 142 Å². The number of aliphatic hydroxyl groups excluding tert-OH is 4. The van der Waals surface area contributed by atoms with Crippen molar-refractivity contribution < 1.29 is 44.2 Å². The van der Waals surface area contributed by atoms with E-state index in [0.717, 1.165) is 70.6 Å². The highest BCUT2D eigenvalue weighted by molar-refractivity contribution is 5.97. The number of aliphatic hydroxyl groups is 4. The SMILES string of the molecule is CC(C=CC=C(C)C=CC=C(C)C=CC(O)C(C)(C)OC1OC(COC(=O)CCCCCCCCCCCC(C)C)C(O)C(O)C1O)=CC=CC=C(C)C=CC=C(C)C=CC1=C(C)C(=O)CCC1(C)C. The number of rotatable bonds is 29. The first kappa shape index (κ1) is 61.9. The molecule has 9 nitrogen and oxygen atoms in total. The summed E-state index contributed by atoms with van der Waals surface area (Å²) in [5.74, 6) is 0.618. The molecule has 0 spiro atoms. The molecule has 0 radical (unpaired) electrons. The zero-order valence-corrected chi connectivity index (χ0v) is 45.1. The Morgan fingerprint density at radius 1 is 0.700 bits per heavy atom. The first-order valence-electron chi connectivity index (χ1n) is 25.9. The third-order valence-corrected chi connectivity index (χ3v) is 12.9. The van der Waals surface area contributed by atoms with Crippen LogP contribution in [-0.4, -0.2) is 81.2 Å². The molecular formula is C61H92O9. The number of hydrogen-bond donors (Lipinski definition) is 4. The quantitative estimate of drug-likeness (QED) is 0.0327. The van der Waals surface area contributed by atoms with Crippen LogP contribution in [0.25, 0.3) is 0 Å². The van der Waals surface area contributed by atoms with Crippen molar-refractivity contribution in [3.8, 4) is 0 Å². The molecule has 2 rings (SSSR count). The van der Waals surface area contributed by atoms with Crippen LogP contribution in [0.5, 0.6) is 0 Å². The molecule has 9 heteroatoms. The van der Waals surface area contributed by atoms with Gasteiger partial charge >= 0.3 is 5.97 Å². The van der Waals surface area contributed by atoms with Crippen LogP contribution < -0.4 is 0 Å². The molecular weight excluding hydrogens is 877 g/mol. The number of allylic oxidation sites excluding steroid dienone is 23. The number of ether oxygens (including phenoxy) is 3. The Bertz CT molecular complexity index is 2010. The van der Waals surface area contributed by atoms with Crippen molar-refractivity contribution in [2.24, 2.45) is 11.3 Å². The first-order valence-corrected chi connectivity index (χ1v) is 25.9. The van der Waals surface area contributed by atoms with Crippen LogP contribution in [0.1, 0.15) is 167 Å². The molecule has 0 aromatic carbocycles. The van der Waals surface area contributed by atoms with Gasteiger partial charge in [0.2, 0.25) is 0 Å². The van der Waals surface area contributed by atoms with Crippen molar-refractivity contribution in [2.45, 2.75) is 209 Å². The standard InChI is InChI=1S/C61H92O9/c1-44(2)27-20-18-16-14-13-15-17-19-21-36-55(64)68-43-53-56(65)57(66)58(67)59(69-53)70-61(11,12)54(63)40-38-49(7)35-26-33-47(5)32-24-30-45(3)28-22-23-29-46(4)31-25-34-48(6)37-39-51-50(8)52(62)41-42-60(51,9)10/h22-26,28-35,37-40,44,53-54,56-59,63,65-67H,13-21,27,36,41-43H2,1-12H3. The average Bonchev–Trinajstić information content (AvgIpc) is 3.29. The lowest BCUT2D eigenvalue weighted by molar-refractivity contribution is -0.329. The van der Waals surface area contributed by atoms with Crippen molar-refractivity contribution >= 4 is 11.8 Å². The van der Waals surface area contributed by atoms with E-state index in [1.54, 1.807) is 26.0 Å². The Hall–Kier alpha value is -4.22. The zero-order chi connectivity index (χ0) is 52.3. The highest BCUT2D eigenvalue weighted by Crippen LogP contribution is 2.39. The van der Waals surface area contributed by atoms with E-state index in [-0.39, 0.29) is 24.2 Å². The molecule has 1 aliphatic carbocycles. The molecule has 6 unspecified atom stereocenters. The lowest BCUT2D eigenvalue weighted by Gasteiger charge is -2.43. The molecule has 1 saturated heterocycles. The molecule has 6 atom stereocenters. The van der Waals surface area contributed by atoms with E-state index in [9.17, 15) is 30.0 Å². The van der Waals surface area contributed by atoms with Crippen molar-refractivity contribution in [1.82, 2.24) is 0 Å². The monoisotopic (exact) mass is 969 g/mol. The molecule has 390 valence electrons. The lowest BCUT2D eigenvalue weighted by Crippen LogP contribution is -2.61. The second kappa shape index (κ2) is 32.7. The summed E-state index contributed by atoms with van der Waals surface area (Å²) in [6, 6.07) is 0. The van der Waals surface area contributed by atoms with Gasteiger partial charge in [0.25, 0.3) is 0 Å². The third kappa shape index (κ3) is 24.8. The maximum Gasteiger partial charge on any atom is 0.305 e. The van der Waals surface area contributed by atoms with Gasteiger partial charge in [-0.2, -0.15) is 0 Å². The number of hydrogen-bond acceptors (Lipinski definition) is 9. The Labute approximate surface area is 423 Å². The van der Waals surface area contributed by atoms with E-state index in [4.69, 9.17) is 14.2 Å². The summed E-state index contributed by atoms with van der Waals surface area (Å²) in [5.41, 5.74) is 6.05. The summed E-state index contributed by atoms with van der Waals surface area (Å²) < 4.78 is 17.2. The second-order valence-corrected chi connectivity index (χ2v) is 21.0. The minimum atomic E-state index is -1.61. The lowest BCUT2D eigenvalue weighted by atomic mass is 9.72. The van der Waals surface area contributed by atoms with Gasteiger partial charge in [-0.15, -0.1) is 0 Å². The van der Waals surface area contributed by atoms with Crippen molar-refractivity contribution in [1.29, 1.82) is 0 Å². The van der Waals surface area contributed by atoms with Crippen LogP contribution in [0.2, 0.25) is 0 Å². The van der Waals surface area contributed by atoms with Crippen LogP contribution in [0.15, 0.2) is 142 Å². The van der Waals surface area contributed by atoms with Crippen molar-refractivity contribution in [2.75, 3.05) is 6.61 Å². The molecule has 1 fully saturated rings. The maximum atomic E-state index is 12.5. The molecule has 0 amide bonds. The van der Waals surface area contributed by atoms with Crippen molar-refractivity contribution in [3.63, 3.8) is 0 Å². The molecule has 0 aromatic rings. The van der Waals surface area contributed by atoms with E-state index in [1.165, 1.54) is 38.5 Å². The summed E-state index contributed by atoms with van der Waals surface area (Å²) in [6.45, 7) is 24.0. The molecule has 2 aliphatic rings. The number of esters is 1. The Balaban J connectivity index is 1.80. The van der Waals surface area contributed by atoms with Gasteiger partial charge < -0.3 is 34.6 Å². The van der Waals surface area contributed by atoms with E-state index in [0.29, 0.717) is 12.8 Å². The number of Topliss-reactive ketones (excluding diaryl/α,β-unsaturated/α-hetero) is 1. The number of ketones is 1. The Kier molecular flexibility index (Phi) is 28.9. The van der Waals surface area contributed by atoms with E-state index in [2.05, 4.69) is 78.0 Å². The van der Waals surface area contributed by atoms with E-state index in [1.807, 2.05) is 82.4 Å². The van der Waals surface area contributed by atoms with Crippen LogP contribution in [0, 0.1) is 11.3 Å². The number of unbranched alkanes of at least 4 members (excludes halogenated alkanes) is 8. The molecule has 1 aliphatic heterocycles. The Morgan fingerprint density at radius 2 is 1.17 bits per heavy atom. The smallest absolute Gasteiger partial charge is 0.305 e. The molecule has 0 aromatic heterocycles. The van der Waals surface area contributed by atoms with Gasteiger partial charge in [-0.25, -0.2) is 0 Å². The topological polar surface area (TPSA) is 143 Å².